The van der Waals surface area contributed by atoms with Gasteiger partial charge in [-0.15, -0.1) is 0 Å². The first-order valence-corrected chi connectivity index (χ1v) is 33.5. The highest BCUT2D eigenvalue weighted by Gasteiger charge is 2.19. The zero-order chi connectivity index (χ0) is 63.8. The Kier molecular flexibility index (Phi) is 33.0. The molecule has 0 aliphatic carbocycles. The minimum Gasteiger partial charge on any atom is -0.463 e. The van der Waals surface area contributed by atoms with Crippen LogP contribution >= 0.6 is 0 Å². The average Bonchev–Trinajstić information content (AvgIpc) is 2.23. The minimum atomic E-state index is -0.408. The third kappa shape index (κ3) is 25.7. The van der Waals surface area contributed by atoms with Gasteiger partial charge in [0.05, 0.1) is 19.8 Å². The Morgan fingerprint density at radius 1 is 0.333 bits per heavy atom. The first-order chi connectivity index (χ1) is 44.1. The first kappa shape index (κ1) is 70.8. The van der Waals surface area contributed by atoms with Gasteiger partial charge in [-0.05, 0) is 177 Å². The fourth-order valence-electron chi connectivity index (χ4n) is 11.3. The van der Waals surface area contributed by atoms with Gasteiger partial charge in [-0.2, -0.15) is 0 Å². The molecule has 6 aromatic carbocycles. The van der Waals surface area contributed by atoms with Crippen LogP contribution in [-0.4, -0.2) is 43.7 Å². The van der Waals surface area contributed by atoms with Crippen molar-refractivity contribution in [3.63, 3.8) is 0 Å². The third-order valence-corrected chi connectivity index (χ3v) is 16.5. The van der Waals surface area contributed by atoms with Crippen LogP contribution in [0.5, 0.6) is 0 Å². The number of unbranched alkanes of at least 4 members (excludes halogenated alkanes) is 19. The standard InChI is InChI=1S/C80H100N2O8/c1-6-11-12-19-29-36-76(90-80(86)10-5)69-47-59-75(60-48-69)82(72-53-41-66(42-54-72)35-28-22-15-18-25-32-63-89-79(85)9-4)74-57-45-68(46-58-74)67-43-55-73(56-44-67)81(70-49-37-64(38-50-70)33-26-20-13-16-23-30-61-87-77(83)7-2)71-51-39-65(40-52-71)34-27-21-14-17-24-31-62-88-78(84)8-3/h7-10,37-60,76H,2-6,11-36,61-63H2,1H3. The molecule has 0 aliphatic heterocycles. The Morgan fingerprint density at radius 3 is 0.911 bits per heavy atom. The molecule has 0 aromatic heterocycles. The quantitative estimate of drug-likeness (QED) is 0.0158. The molecule has 478 valence electrons. The molecule has 6 aromatic rings. The van der Waals surface area contributed by atoms with Crippen molar-refractivity contribution in [1.29, 1.82) is 0 Å². The first-order valence-electron chi connectivity index (χ1n) is 33.5. The Hall–Kier alpha value is -8.24. The molecule has 0 radical (unpaired) electrons. The van der Waals surface area contributed by atoms with E-state index in [2.05, 4.69) is 189 Å². The third-order valence-electron chi connectivity index (χ3n) is 16.5. The van der Waals surface area contributed by atoms with Crippen LogP contribution in [0.3, 0.4) is 0 Å². The van der Waals surface area contributed by atoms with Gasteiger partial charge >= 0.3 is 23.9 Å². The second-order valence-electron chi connectivity index (χ2n) is 23.4. The van der Waals surface area contributed by atoms with Gasteiger partial charge in [-0.1, -0.05) is 209 Å². The highest BCUT2D eigenvalue weighted by Crippen LogP contribution is 2.40. The molecule has 0 heterocycles. The van der Waals surface area contributed by atoms with Crippen LogP contribution in [0.1, 0.15) is 189 Å². The van der Waals surface area contributed by atoms with Crippen LogP contribution in [-0.2, 0) is 57.4 Å². The van der Waals surface area contributed by atoms with Crippen LogP contribution in [0.4, 0.5) is 34.1 Å². The Labute approximate surface area is 539 Å². The second kappa shape index (κ2) is 41.9. The molecule has 0 aliphatic rings. The number of carbonyl (C=O) groups excluding carboxylic acids is 4. The topological polar surface area (TPSA) is 112 Å². The van der Waals surface area contributed by atoms with Gasteiger partial charge in [0.15, 0.2) is 0 Å². The maximum Gasteiger partial charge on any atom is 0.330 e. The van der Waals surface area contributed by atoms with Gasteiger partial charge in [0.2, 0.25) is 0 Å². The van der Waals surface area contributed by atoms with Crippen LogP contribution in [0.25, 0.3) is 11.1 Å². The molecular formula is C80H100N2O8. The van der Waals surface area contributed by atoms with Crippen molar-refractivity contribution in [3.8, 4) is 11.1 Å². The number of aryl methyl sites for hydroxylation is 3. The maximum atomic E-state index is 12.6. The molecule has 6 rings (SSSR count). The number of anilines is 6. The SMILES string of the molecule is C=CC(=O)OCCCCCCCCc1ccc(N(c2ccc(CCCCCCCCOC(=O)C=C)cc2)c2ccc(-c3ccc(N(c4ccc(CCCCCCCCOC(=O)C=C)cc4)c4ccc(C(CCCCCCC)OC(=O)C=C)cc4)cc3)cc2)cc1. The molecule has 0 N–H and O–H groups in total. The molecule has 0 spiro atoms. The Morgan fingerprint density at radius 2 is 0.600 bits per heavy atom. The lowest BCUT2D eigenvalue weighted by molar-refractivity contribution is -0.144. The van der Waals surface area contributed by atoms with Gasteiger partial charge < -0.3 is 28.7 Å². The predicted molar refractivity (Wildman–Crippen MR) is 371 cm³/mol. The number of nitrogens with zero attached hydrogens (tertiary/aromatic N) is 2. The number of rotatable bonds is 46. The summed E-state index contributed by atoms with van der Waals surface area (Å²) in [5.74, 6) is -1.47. The molecule has 0 amide bonds. The summed E-state index contributed by atoms with van der Waals surface area (Å²) < 4.78 is 21.3. The number of carbonyl (C=O) groups is 4. The fraction of sp³-hybridized carbons (Fsp3) is 0.400. The highest BCUT2D eigenvalue weighted by atomic mass is 16.5. The van der Waals surface area contributed by atoms with E-state index in [0.717, 1.165) is 179 Å². The van der Waals surface area contributed by atoms with E-state index >= 15 is 0 Å². The maximum absolute atomic E-state index is 12.6. The number of hydrogen-bond donors (Lipinski definition) is 0. The van der Waals surface area contributed by atoms with E-state index in [4.69, 9.17) is 18.9 Å². The van der Waals surface area contributed by atoms with Crippen molar-refractivity contribution >= 4 is 58.0 Å². The van der Waals surface area contributed by atoms with E-state index in [9.17, 15) is 19.2 Å². The van der Waals surface area contributed by atoms with Crippen molar-refractivity contribution in [3.05, 3.63) is 218 Å². The molecule has 0 saturated heterocycles. The molecule has 0 fully saturated rings. The van der Waals surface area contributed by atoms with Gasteiger partial charge in [-0.25, -0.2) is 19.2 Å². The summed E-state index contributed by atoms with van der Waals surface area (Å²) in [4.78, 5) is 51.2. The fourth-order valence-corrected chi connectivity index (χ4v) is 11.3. The van der Waals surface area contributed by atoms with E-state index in [1.54, 1.807) is 0 Å². The highest BCUT2D eigenvalue weighted by molar-refractivity contribution is 5.83. The van der Waals surface area contributed by atoms with E-state index in [1.807, 2.05) is 0 Å². The lowest BCUT2D eigenvalue weighted by atomic mass is 10.0. The summed E-state index contributed by atoms with van der Waals surface area (Å²) in [6.07, 6.45) is 33.5. The summed E-state index contributed by atoms with van der Waals surface area (Å²) >= 11 is 0. The molecule has 1 unspecified atom stereocenters. The van der Waals surface area contributed by atoms with Gasteiger partial charge in [0.1, 0.15) is 6.10 Å². The van der Waals surface area contributed by atoms with Crippen LogP contribution in [0.2, 0.25) is 0 Å². The lowest BCUT2D eigenvalue weighted by Gasteiger charge is -2.27. The summed E-state index contributed by atoms with van der Waals surface area (Å²) in [6, 6.07) is 53.2. The lowest BCUT2D eigenvalue weighted by Crippen LogP contribution is -2.12. The van der Waals surface area contributed by atoms with Crippen molar-refractivity contribution in [2.75, 3.05) is 29.6 Å². The van der Waals surface area contributed by atoms with Crippen LogP contribution in [0, 0.1) is 0 Å². The smallest absolute Gasteiger partial charge is 0.330 e. The monoisotopic (exact) mass is 1220 g/mol. The Balaban J connectivity index is 1.17. The second-order valence-corrected chi connectivity index (χ2v) is 23.4. The van der Waals surface area contributed by atoms with Crippen molar-refractivity contribution in [2.24, 2.45) is 0 Å². The molecule has 0 saturated carbocycles. The van der Waals surface area contributed by atoms with Crippen LogP contribution in [0.15, 0.2) is 196 Å². The normalized spacial score (nSPS) is 11.3. The van der Waals surface area contributed by atoms with E-state index < -0.39 is 5.97 Å². The van der Waals surface area contributed by atoms with Crippen LogP contribution < -0.4 is 9.80 Å². The number of ether oxygens (including phenoxy) is 4. The van der Waals surface area contributed by atoms with Gasteiger partial charge in [0, 0.05) is 58.4 Å². The molecular weight excluding hydrogens is 1120 g/mol. The minimum absolute atomic E-state index is 0.352. The average molecular weight is 1220 g/mol. The zero-order valence-electron chi connectivity index (χ0n) is 53.9. The molecule has 10 heteroatoms. The van der Waals surface area contributed by atoms with Gasteiger partial charge in [-0.3, -0.25) is 0 Å². The van der Waals surface area contributed by atoms with E-state index in [-0.39, 0.29) is 24.0 Å². The van der Waals surface area contributed by atoms with Gasteiger partial charge in [0.25, 0.3) is 0 Å². The van der Waals surface area contributed by atoms with E-state index in [0.29, 0.717) is 19.8 Å². The molecule has 1 atom stereocenters. The van der Waals surface area contributed by atoms with Crippen molar-refractivity contribution < 1.29 is 38.1 Å². The van der Waals surface area contributed by atoms with E-state index in [1.165, 1.54) is 85.9 Å². The molecule has 90 heavy (non-hydrogen) atoms. The summed E-state index contributed by atoms with van der Waals surface area (Å²) in [6.45, 7) is 17.6. The number of benzene rings is 6. The summed E-state index contributed by atoms with van der Waals surface area (Å²) in [7, 11) is 0. The number of hydrogen-bond acceptors (Lipinski definition) is 10. The predicted octanol–water partition coefficient (Wildman–Crippen LogP) is 21.3. The number of esters is 4. The molecule has 0 bridgehead atoms. The largest absolute Gasteiger partial charge is 0.463 e. The van der Waals surface area contributed by atoms with Crippen molar-refractivity contribution in [1.82, 2.24) is 0 Å². The van der Waals surface area contributed by atoms with Crippen molar-refractivity contribution in [2.45, 2.75) is 186 Å². The zero-order valence-corrected chi connectivity index (χ0v) is 53.9. The summed E-state index contributed by atoms with van der Waals surface area (Å²) in [5.41, 5.74) is 13.5. The summed E-state index contributed by atoms with van der Waals surface area (Å²) in [5, 5.41) is 0. The Bertz CT molecular complexity index is 2980. The molecule has 10 nitrogen and oxygen atoms in total.